The van der Waals surface area contributed by atoms with E-state index in [0.29, 0.717) is 11.1 Å². The van der Waals surface area contributed by atoms with Crippen molar-refractivity contribution in [3.8, 4) is 5.75 Å². The van der Waals surface area contributed by atoms with Gasteiger partial charge in [0.05, 0.1) is 18.4 Å². The highest BCUT2D eigenvalue weighted by Gasteiger charge is 2.18. The number of benzene rings is 4. The molecule has 0 aliphatic carbocycles. The highest BCUT2D eigenvalue weighted by atomic mass is 16.5. The van der Waals surface area contributed by atoms with E-state index in [9.17, 15) is 19.5 Å². The number of anilines is 1. The number of carbonyl (C=O) groups is 3. The molecule has 3 N–H and O–H groups in total. The monoisotopic (exact) mass is 533 g/mol. The quantitative estimate of drug-likeness (QED) is 0.214. The lowest BCUT2D eigenvalue weighted by Gasteiger charge is -2.14. The molecular weight excluding hydrogens is 506 g/mol. The highest BCUT2D eigenvalue weighted by Crippen LogP contribution is 2.30. The number of methoxy groups -OCH3 is 1. The minimum absolute atomic E-state index is 0.0184. The van der Waals surface area contributed by atoms with Gasteiger partial charge in [-0.05, 0) is 61.0 Å². The third-order valence-corrected chi connectivity index (χ3v) is 6.65. The number of carbonyl (C=O) groups excluding carboxylic acids is 2. The number of hydrogen-bond acceptors (Lipinski definition) is 4. The molecule has 5 rings (SSSR count). The Morgan fingerprint density at radius 1 is 0.850 bits per heavy atom. The van der Waals surface area contributed by atoms with Crippen LogP contribution in [0.3, 0.4) is 0 Å². The minimum atomic E-state index is -1.15. The van der Waals surface area contributed by atoms with Crippen LogP contribution in [0.5, 0.6) is 5.75 Å². The maximum Gasteiger partial charge on any atom is 0.335 e. The molecule has 0 aliphatic rings. The predicted octanol–water partition coefficient (Wildman–Crippen LogP) is 5.93. The molecule has 0 spiro atoms. The fraction of sp³-hybridized carbons (Fsp3) is 0.0938. The van der Waals surface area contributed by atoms with Crippen LogP contribution in [0.15, 0.2) is 96.7 Å². The molecule has 0 radical (unpaired) electrons. The summed E-state index contributed by atoms with van der Waals surface area (Å²) in [6.07, 6.45) is 1.60. The van der Waals surface area contributed by atoms with Crippen LogP contribution in [-0.2, 0) is 11.3 Å². The number of carboxylic acids is 1. The Balaban J connectivity index is 1.57. The van der Waals surface area contributed by atoms with E-state index in [-0.39, 0.29) is 22.7 Å². The van der Waals surface area contributed by atoms with Crippen LogP contribution in [0.4, 0.5) is 5.69 Å². The first kappa shape index (κ1) is 26.2. The third-order valence-electron chi connectivity index (χ3n) is 6.65. The Hall–Kier alpha value is -5.37. The summed E-state index contributed by atoms with van der Waals surface area (Å²) in [5.74, 6) is -1.97. The van der Waals surface area contributed by atoms with E-state index < -0.39 is 17.8 Å². The number of ether oxygens (including phenoxy) is 1. The Morgan fingerprint density at radius 3 is 2.30 bits per heavy atom. The highest BCUT2D eigenvalue weighted by molar-refractivity contribution is 6.12. The molecule has 200 valence electrons. The van der Waals surface area contributed by atoms with E-state index >= 15 is 0 Å². The van der Waals surface area contributed by atoms with Crippen molar-refractivity contribution in [3.63, 3.8) is 0 Å². The van der Waals surface area contributed by atoms with Gasteiger partial charge in [0.1, 0.15) is 11.4 Å². The number of carboxylic acid groups (broad SMARTS) is 1. The number of fused-ring (bicyclic) bond motifs is 3. The number of amides is 2. The molecule has 0 aliphatic heterocycles. The second-order valence-corrected chi connectivity index (χ2v) is 9.09. The van der Waals surface area contributed by atoms with Gasteiger partial charge in [0.25, 0.3) is 11.8 Å². The SMILES string of the molecule is CCn1c2ccccc2c2ccc(/C=C(\NC(=O)c3ccccc3)C(=O)Nc3cc(C(=O)O)ccc3OC)cc21. The fourth-order valence-corrected chi connectivity index (χ4v) is 4.73. The third kappa shape index (κ3) is 5.15. The van der Waals surface area contributed by atoms with Gasteiger partial charge in [-0.15, -0.1) is 0 Å². The lowest BCUT2D eigenvalue weighted by Crippen LogP contribution is -2.30. The van der Waals surface area contributed by atoms with Crippen LogP contribution in [0.2, 0.25) is 0 Å². The zero-order chi connectivity index (χ0) is 28.2. The number of para-hydroxylation sites is 1. The summed E-state index contributed by atoms with van der Waals surface area (Å²) in [6.45, 7) is 2.83. The number of aromatic nitrogens is 1. The van der Waals surface area contributed by atoms with Gasteiger partial charge in [-0.2, -0.15) is 0 Å². The lowest BCUT2D eigenvalue weighted by atomic mass is 10.1. The molecule has 0 atom stereocenters. The predicted molar refractivity (Wildman–Crippen MR) is 156 cm³/mol. The summed E-state index contributed by atoms with van der Waals surface area (Å²) in [7, 11) is 1.42. The Morgan fingerprint density at radius 2 is 1.57 bits per heavy atom. The van der Waals surface area contributed by atoms with Gasteiger partial charge in [-0.3, -0.25) is 9.59 Å². The molecule has 0 saturated carbocycles. The first-order valence-corrected chi connectivity index (χ1v) is 12.7. The maximum absolute atomic E-state index is 13.6. The van der Waals surface area contributed by atoms with Crippen molar-refractivity contribution in [1.29, 1.82) is 0 Å². The Labute approximate surface area is 230 Å². The number of aromatic carboxylic acids is 1. The minimum Gasteiger partial charge on any atom is -0.495 e. The van der Waals surface area contributed by atoms with Crippen LogP contribution in [0, 0.1) is 0 Å². The van der Waals surface area contributed by atoms with Crippen molar-refractivity contribution >= 4 is 51.4 Å². The van der Waals surface area contributed by atoms with Crippen molar-refractivity contribution in [2.24, 2.45) is 0 Å². The Kier molecular flexibility index (Phi) is 7.33. The normalized spacial score (nSPS) is 11.4. The fourth-order valence-electron chi connectivity index (χ4n) is 4.73. The molecule has 0 bridgehead atoms. The van der Waals surface area contributed by atoms with Crippen LogP contribution in [0.25, 0.3) is 27.9 Å². The van der Waals surface area contributed by atoms with Crippen molar-refractivity contribution in [2.45, 2.75) is 13.5 Å². The summed E-state index contributed by atoms with van der Waals surface area (Å²) in [4.78, 5) is 38.1. The summed E-state index contributed by atoms with van der Waals surface area (Å²) in [5.41, 5.74) is 3.32. The van der Waals surface area contributed by atoms with Gasteiger partial charge >= 0.3 is 5.97 Å². The number of rotatable bonds is 8. The molecule has 40 heavy (non-hydrogen) atoms. The summed E-state index contributed by atoms with van der Waals surface area (Å²) in [5, 5.41) is 17.1. The standard InChI is InChI=1S/C32H27N3O5/c1-3-35-27-12-8-7-11-23(27)24-15-13-20(18-28(24)35)17-26(34-30(36)21-9-5-4-6-10-21)31(37)33-25-19-22(32(38)39)14-16-29(25)40-2/h4-19H,3H2,1-2H3,(H,33,37)(H,34,36)(H,38,39)/b26-17-. The molecule has 0 saturated heterocycles. The van der Waals surface area contributed by atoms with E-state index in [1.807, 2.05) is 30.3 Å². The van der Waals surface area contributed by atoms with Crippen molar-refractivity contribution < 1.29 is 24.2 Å². The van der Waals surface area contributed by atoms with Gasteiger partial charge in [0.2, 0.25) is 0 Å². The molecule has 8 heteroatoms. The Bertz CT molecular complexity index is 1790. The van der Waals surface area contributed by atoms with Gasteiger partial charge in [0, 0.05) is 33.9 Å². The summed E-state index contributed by atoms with van der Waals surface area (Å²) < 4.78 is 7.52. The van der Waals surface area contributed by atoms with Gasteiger partial charge in [0.15, 0.2) is 0 Å². The molecule has 0 unspecified atom stereocenters. The van der Waals surface area contributed by atoms with E-state index in [1.165, 1.54) is 25.3 Å². The molecule has 0 fully saturated rings. The number of nitrogens with one attached hydrogen (secondary N) is 2. The average Bonchev–Trinajstić information content (AvgIpc) is 3.29. The summed E-state index contributed by atoms with van der Waals surface area (Å²) >= 11 is 0. The second kappa shape index (κ2) is 11.2. The smallest absolute Gasteiger partial charge is 0.335 e. The van der Waals surface area contributed by atoms with E-state index in [0.717, 1.165) is 28.4 Å². The van der Waals surface area contributed by atoms with Gasteiger partial charge in [-0.1, -0.05) is 48.5 Å². The van der Waals surface area contributed by atoms with Crippen molar-refractivity contribution in [1.82, 2.24) is 9.88 Å². The van der Waals surface area contributed by atoms with Gasteiger partial charge in [-0.25, -0.2) is 4.79 Å². The maximum atomic E-state index is 13.6. The van der Waals surface area contributed by atoms with E-state index in [4.69, 9.17) is 4.74 Å². The van der Waals surface area contributed by atoms with Crippen LogP contribution >= 0.6 is 0 Å². The van der Waals surface area contributed by atoms with Crippen molar-refractivity contribution in [2.75, 3.05) is 12.4 Å². The molecule has 5 aromatic rings. The first-order valence-electron chi connectivity index (χ1n) is 12.7. The van der Waals surface area contributed by atoms with Crippen molar-refractivity contribution in [3.05, 3.63) is 113 Å². The average molecular weight is 534 g/mol. The zero-order valence-corrected chi connectivity index (χ0v) is 22.0. The molecular formula is C32H27N3O5. The van der Waals surface area contributed by atoms with Gasteiger partial charge < -0.3 is 25.0 Å². The molecule has 1 aromatic heterocycles. The second-order valence-electron chi connectivity index (χ2n) is 9.09. The van der Waals surface area contributed by atoms with E-state index in [1.54, 1.807) is 36.4 Å². The molecule has 8 nitrogen and oxygen atoms in total. The van der Waals surface area contributed by atoms with Crippen LogP contribution in [-0.4, -0.2) is 34.6 Å². The van der Waals surface area contributed by atoms with E-state index in [2.05, 4.69) is 34.3 Å². The zero-order valence-electron chi connectivity index (χ0n) is 22.0. The number of aryl methyl sites for hydroxylation is 1. The number of hydrogen-bond donors (Lipinski definition) is 3. The molecule has 4 aromatic carbocycles. The van der Waals surface area contributed by atoms with Crippen LogP contribution in [0.1, 0.15) is 33.2 Å². The summed E-state index contributed by atoms with van der Waals surface area (Å²) in [6, 6.07) is 26.7. The first-order chi connectivity index (χ1) is 19.4. The lowest BCUT2D eigenvalue weighted by molar-refractivity contribution is -0.113. The molecule has 2 amide bonds. The number of nitrogens with zero attached hydrogens (tertiary/aromatic N) is 1. The largest absolute Gasteiger partial charge is 0.495 e. The topological polar surface area (TPSA) is 110 Å². The van der Waals surface area contributed by atoms with Crippen LogP contribution < -0.4 is 15.4 Å². The molecule has 1 heterocycles.